The van der Waals surface area contributed by atoms with Gasteiger partial charge in [-0.15, -0.1) is 0 Å². The van der Waals surface area contributed by atoms with Gasteiger partial charge in [0.25, 0.3) is 0 Å². The number of hydrogen-bond donors (Lipinski definition) is 1. The first-order valence-corrected chi connectivity index (χ1v) is 8.02. The fourth-order valence-corrected chi connectivity index (χ4v) is 2.54. The highest BCUT2D eigenvalue weighted by Crippen LogP contribution is 2.24. The first-order chi connectivity index (χ1) is 9.58. The third-order valence-electron chi connectivity index (χ3n) is 3.90. The van der Waals surface area contributed by atoms with E-state index >= 15 is 0 Å². The van der Waals surface area contributed by atoms with Gasteiger partial charge >= 0.3 is 0 Å². The molecule has 2 heteroatoms. The summed E-state index contributed by atoms with van der Waals surface area (Å²) in [6, 6.07) is 8.51. The maximum Gasteiger partial charge on any atom is 0.0973 e. The molecule has 0 bridgehead atoms. The van der Waals surface area contributed by atoms with Crippen LogP contribution < -0.4 is 5.73 Å². The number of aryl methyl sites for hydroxylation is 1. The van der Waals surface area contributed by atoms with Crippen LogP contribution in [0.2, 0.25) is 0 Å². The minimum atomic E-state index is 0.00516. The number of benzene rings is 1. The van der Waals surface area contributed by atoms with Crippen molar-refractivity contribution in [3.8, 4) is 0 Å². The van der Waals surface area contributed by atoms with Gasteiger partial charge in [-0.1, -0.05) is 62.9 Å². The molecule has 114 valence electrons. The molecule has 1 aromatic carbocycles. The van der Waals surface area contributed by atoms with E-state index in [-0.39, 0.29) is 12.1 Å². The normalized spacial score (nSPS) is 15.8. The lowest BCUT2D eigenvalue weighted by Crippen LogP contribution is -2.28. The number of rotatable bonds is 9. The van der Waals surface area contributed by atoms with Crippen molar-refractivity contribution >= 4 is 0 Å². The zero-order valence-corrected chi connectivity index (χ0v) is 13.6. The summed E-state index contributed by atoms with van der Waals surface area (Å²) in [6.07, 6.45) is 4.98. The summed E-state index contributed by atoms with van der Waals surface area (Å²) in [5.41, 5.74) is 8.58. The second-order valence-corrected chi connectivity index (χ2v) is 5.94. The zero-order chi connectivity index (χ0) is 15.0. The van der Waals surface area contributed by atoms with Crippen molar-refractivity contribution in [3.05, 3.63) is 35.4 Å². The van der Waals surface area contributed by atoms with E-state index in [4.69, 9.17) is 10.5 Å². The van der Waals surface area contributed by atoms with Crippen molar-refractivity contribution in [2.75, 3.05) is 6.61 Å². The van der Waals surface area contributed by atoms with Gasteiger partial charge in [-0.3, -0.25) is 0 Å². The van der Waals surface area contributed by atoms with E-state index in [1.165, 1.54) is 36.8 Å². The monoisotopic (exact) mass is 277 g/mol. The van der Waals surface area contributed by atoms with Crippen molar-refractivity contribution in [2.24, 2.45) is 11.7 Å². The largest absolute Gasteiger partial charge is 0.372 e. The Morgan fingerprint density at radius 3 is 2.55 bits per heavy atom. The van der Waals surface area contributed by atoms with Crippen molar-refractivity contribution in [2.45, 2.75) is 65.5 Å². The first kappa shape index (κ1) is 17.2. The second-order valence-electron chi connectivity index (χ2n) is 5.94. The topological polar surface area (TPSA) is 35.2 Å². The van der Waals surface area contributed by atoms with Gasteiger partial charge in [0, 0.05) is 6.04 Å². The highest BCUT2D eigenvalue weighted by Gasteiger charge is 2.18. The highest BCUT2D eigenvalue weighted by molar-refractivity contribution is 5.25. The smallest absolute Gasteiger partial charge is 0.0973 e. The third-order valence-corrected chi connectivity index (χ3v) is 3.90. The van der Waals surface area contributed by atoms with Crippen LogP contribution in [-0.4, -0.2) is 12.6 Å². The maximum absolute atomic E-state index is 6.17. The van der Waals surface area contributed by atoms with Crippen molar-refractivity contribution in [1.29, 1.82) is 0 Å². The molecule has 0 spiro atoms. The molecule has 0 saturated carbocycles. The molecule has 0 aliphatic carbocycles. The molecular weight excluding hydrogens is 246 g/mol. The van der Waals surface area contributed by atoms with Crippen LogP contribution in [0.5, 0.6) is 0 Å². The molecule has 2 nitrogen and oxygen atoms in total. The lowest BCUT2D eigenvalue weighted by molar-refractivity contribution is 0.0127. The van der Waals surface area contributed by atoms with Crippen LogP contribution in [0.3, 0.4) is 0 Å². The van der Waals surface area contributed by atoms with E-state index in [1.54, 1.807) is 0 Å². The summed E-state index contributed by atoms with van der Waals surface area (Å²) in [4.78, 5) is 0. The molecule has 0 fully saturated rings. The first-order valence-electron chi connectivity index (χ1n) is 8.02. The van der Waals surface area contributed by atoms with Crippen molar-refractivity contribution < 1.29 is 4.74 Å². The van der Waals surface area contributed by atoms with Crippen LogP contribution in [0.25, 0.3) is 0 Å². The fourth-order valence-electron chi connectivity index (χ4n) is 2.54. The molecule has 0 amide bonds. The quantitative estimate of drug-likeness (QED) is 0.715. The Bertz CT molecular complexity index is 375. The second kappa shape index (κ2) is 9.15. The Kier molecular flexibility index (Phi) is 7.86. The van der Waals surface area contributed by atoms with Gasteiger partial charge in [0.15, 0.2) is 0 Å². The van der Waals surface area contributed by atoms with Crippen LogP contribution in [-0.2, 0) is 4.74 Å². The summed E-state index contributed by atoms with van der Waals surface area (Å²) in [5.74, 6) is 0.654. The van der Waals surface area contributed by atoms with Crippen LogP contribution in [0.4, 0.5) is 0 Å². The number of hydrogen-bond acceptors (Lipinski definition) is 2. The molecule has 1 rings (SSSR count). The molecule has 0 aromatic heterocycles. The Morgan fingerprint density at radius 2 is 2.00 bits per heavy atom. The Morgan fingerprint density at radius 1 is 1.25 bits per heavy atom. The fraction of sp³-hybridized carbons (Fsp3) is 0.667. The summed E-state index contributed by atoms with van der Waals surface area (Å²) in [5, 5.41) is 0. The molecule has 3 atom stereocenters. The SMILES string of the molecule is CCCCC(CC)COC(c1cccc(C)c1)C(C)N. The molecule has 0 aliphatic rings. The molecule has 0 radical (unpaired) electrons. The van der Waals surface area contributed by atoms with E-state index < -0.39 is 0 Å². The Balaban J connectivity index is 2.63. The van der Waals surface area contributed by atoms with E-state index in [2.05, 4.69) is 45.0 Å². The highest BCUT2D eigenvalue weighted by atomic mass is 16.5. The Hall–Kier alpha value is -0.860. The van der Waals surface area contributed by atoms with Gasteiger partial charge in [0.2, 0.25) is 0 Å². The number of ether oxygens (including phenoxy) is 1. The van der Waals surface area contributed by atoms with Crippen molar-refractivity contribution in [1.82, 2.24) is 0 Å². The molecule has 20 heavy (non-hydrogen) atoms. The van der Waals surface area contributed by atoms with Crippen molar-refractivity contribution in [3.63, 3.8) is 0 Å². The molecule has 2 N–H and O–H groups in total. The number of unbranched alkanes of at least 4 members (excludes halogenated alkanes) is 1. The Labute approximate surface area is 124 Å². The predicted molar refractivity (Wildman–Crippen MR) is 86.8 cm³/mol. The van der Waals surface area contributed by atoms with Crippen LogP contribution in [0.1, 0.15) is 63.7 Å². The van der Waals surface area contributed by atoms with Gasteiger partial charge in [0.1, 0.15) is 0 Å². The zero-order valence-electron chi connectivity index (χ0n) is 13.6. The summed E-state index contributed by atoms with van der Waals surface area (Å²) >= 11 is 0. The molecule has 1 aromatic rings. The summed E-state index contributed by atoms with van der Waals surface area (Å²) in [6.45, 7) is 9.44. The lowest BCUT2D eigenvalue weighted by atomic mass is 9.99. The molecular formula is C18H31NO. The minimum absolute atomic E-state index is 0.00516. The third kappa shape index (κ3) is 5.64. The van der Waals surface area contributed by atoms with E-state index in [1.807, 2.05) is 6.92 Å². The van der Waals surface area contributed by atoms with Gasteiger partial charge in [-0.25, -0.2) is 0 Å². The average Bonchev–Trinajstić information content (AvgIpc) is 2.42. The van der Waals surface area contributed by atoms with E-state index in [0.29, 0.717) is 5.92 Å². The van der Waals surface area contributed by atoms with Gasteiger partial charge in [-0.05, 0) is 31.7 Å². The molecule has 3 unspecified atom stereocenters. The summed E-state index contributed by atoms with van der Waals surface area (Å²) in [7, 11) is 0. The van der Waals surface area contributed by atoms with E-state index in [9.17, 15) is 0 Å². The number of nitrogens with two attached hydrogens (primary N) is 1. The molecule has 0 heterocycles. The average molecular weight is 277 g/mol. The van der Waals surface area contributed by atoms with Crippen LogP contribution in [0, 0.1) is 12.8 Å². The van der Waals surface area contributed by atoms with Crippen LogP contribution >= 0.6 is 0 Å². The summed E-state index contributed by atoms with van der Waals surface area (Å²) < 4.78 is 6.17. The van der Waals surface area contributed by atoms with Crippen LogP contribution in [0.15, 0.2) is 24.3 Å². The standard InChI is InChI=1S/C18H31NO/c1-5-7-10-16(6-2)13-20-18(15(4)19)17-11-8-9-14(3)12-17/h8-9,11-12,15-16,18H,5-7,10,13,19H2,1-4H3. The molecule has 0 saturated heterocycles. The lowest BCUT2D eigenvalue weighted by Gasteiger charge is -2.25. The predicted octanol–water partition coefficient (Wildman–Crippen LogP) is 4.62. The van der Waals surface area contributed by atoms with Gasteiger partial charge in [-0.2, -0.15) is 0 Å². The maximum atomic E-state index is 6.17. The van der Waals surface area contributed by atoms with Gasteiger partial charge < -0.3 is 10.5 Å². The van der Waals surface area contributed by atoms with Gasteiger partial charge in [0.05, 0.1) is 12.7 Å². The minimum Gasteiger partial charge on any atom is -0.372 e. The van der Waals surface area contributed by atoms with E-state index in [0.717, 1.165) is 6.61 Å². The molecule has 0 aliphatic heterocycles.